The highest BCUT2D eigenvalue weighted by molar-refractivity contribution is 5.95. The van der Waals surface area contributed by atoms with E-state index in [4.69, 9.17) is 20.4 Å². The molecule has 2 aromatic rings. The van der Waals surface area contributed by atoms with Gasteiger partial charge in [-0.1, -0.05) is 42.8 Å². The number of ether oxygens (including phenoxy) is 2. The van der Waals surface area contributed by atoms with Crippen molar-refractivity contribution in [2.45, 2.75) is 32.2 Å². The molecule has 1 atom stereocenters. The number of nitrogens with zero attached hydrogens (tertiary/aromatic N) is 1. The highest BCUT2D eigenvalue weighted by Crippen LogP contribution is 2.20. The quantitative estimate of drug-likeness (QED) is 0.174. The van der Waals surface area contributed by atoms with Gasteiger partial charge in [0.25, 0.3) is 0 Å². The van der Waals surface area contributed by atoms with Crippen LogP contribution in [0.5, 0.6) is 0 Å². The molecule has 2 rings (SSSR count). The molecule has 11 heteroatoms. The molecule has 1 heterocycles. The summed E-state index contributed by atoms with van der Waals surface area (Å²) in [6.45, 7) is 2.01. The molecule has 11 nitrogen and oxygen atoms in total. The summed E-state index contributed by atoms with van der Waals surface area (Å²) in [5, 5.41) is 16.3. The molecular formula is C21H27N5O6. The summed E-state index contributed by atoms with van der Waals surface area (Å²) in [7, 11) is 1.18. The lowest BCUT2D eigenvalue weighted by Crippen LogP contribution is -2.49. The number of hydrogen-bond acceptors (Lipinski definition) is 8. The van der Waals surface area contributed by atoms with Gasteiger partial charge in [-0.3, -0.25) is 10.2 Å². The average Bonchev–Trinajstić information content (AvgIpc) is 3.24. The number of aromatic nitrogens is 1. The fraction of sp³-hybridized carbons (Fsp3) is 0.381. The van der Waals surface area contributed by atoms with Crippen LogP contribution in [0.25, 0.3) is 11.3 Å². The van der Waals surface area contributed by atoms with Gasteiger partial charge >= 0.3 is 12.1 Å². The van der Waals surface area contributed by atoms with Crippen LogP contribution in [0.3, 0.4) is 0 Å². The van der Waals surface area contributed by atoms with E-state index in [0.717, 1.165) is 12.0 Å². The number of nitrogen functional groups attached to an aromatic ring is 1. The predicted octanol–water partition coefficient (Wildman–Crippen LogP) is 1.35. The van der Waals surface area contributed by atoms with E-state index in [1.807, 2.05) is 6.92 Å². The summed E-state index contributed by atoms with van der Waals surface area (Å²) >= 11 is 0. The molecule has 0 spiro atoms. The number of carbonyl (C=O) groups is 3. The number of unbranched alkanes of at least 4 members (excludes halogenated alkanes) is 1. The van der Waals surface area contributed by atoms with Crippen molar-refractivity contribution in [2.75, 3.05) is 20.3 Å². The molecule has 2 amide bonds. The number of esters is 1. The third-order valence-electron chi connectivity index (χ3n) is 4.40. The molecule has 0 aliphatic heterocycles. The molecule has 0 saturated carbocycles. The second kappa shape index (κ2) is 12.1. The van der Waals surface area contributed by atoms with Crippen LogP contribution in [0.4, 0.5) is 4.79 Å². The van der Waals surface area contributed by atoms with Crippen LogP contribution >= 0.6 is 0 Å². The Balaban J connectivity index is 1.89. The lowest BCUT2D eigenvalue weighted by molar-refractivity contribution is -0.142. The fourth-order valence-electron chi connectivity index (χ4n) is 2.62. The lowest BCUT2D eigenvalue weighted by atomic mass is 10.1. The molecule has 0 saturated heterocycles. The van der Waals surface area contributed by atoms with Gasteiger partial charge in [0.05, 0.1) is 20.1 Å². The Hall–Kier alpha value is -3.89. The van der Waals surface area contributed by atoms with Crippen molar-refractivity contribution in [1.82, 2.24) is 15.8 Å². The maximum absolute atomic E-state index is 12.3. The Bertz CT molecular complexity index is 940. The zero-order valence-electron chi connectivity index (χ0n) is 18.0. The molecule has 0 aliphatic carbocycles. The van der Waals surface area contributed by atoms with Crippen LogP contribution in [0.2, 0.25) is 0 Å². The van der Waals surface area contributed by atoms with Gasteiger partial charge in [0.1, 0.15) is 23.3 Å². The van der Waals surface area contributed by atoms with E-state index >= 15 is 0 Å². The number of amidine groups is 1. The molecule has 0 fully saturated rings. The maximum atomic E-state index is 12.3. The van der Waals surface area contributed by atoms with Crippen molar-refractivity contribution >= 4 is 23.8 Å². The minimum Gasteiger partial charge on any atom is -0.467 e. The number of rotatable bonds is 11. The number of nitrogens with two attached hydrogens (primary N) is 1. The van der Waals surface area contributed by atoms with E-state index in [1.54, 1.807) is 30.3 Å². The Labute approximate surface area is 185 Å². The number of hydrogen-bond donors (Lipinski definition) is 4. The predicted molar refractivity (Wildman–Crippen MR) is 115 cm³/mol. The molecule has 5 N–H and O–H groups in total. The number of benzene rings is 1. The number of carbonyl (C=O) groups excluding carboxylic acids is 3. The molecule has 0 bridgehead atoms. The van der Waals surface area contributed by atoms with E-state index in [-0.39, 0.29) is 25.4 Å². The van der Waals surface area contributed by atoms with Crippen LogP contribution in [0.1, 0.15) is 31.1 Å². The first kappa shape index (κ1) is 24.4. The minimum atomic E-state index is -1.09. The summed E-state index contributed by atoms with van der Waals surface area (Å²) < 4.78 is 14.8. The van der Waals surface area contributed by atoms with E-state index in [2.05, 4.69) is 20.5 Å². The normalized spacial score (nSPS) is 11.3. The molecule has 32 heavy (non-hydrogen) atoms. The summed E-state index contributed by atoms with van der Waals surface area (Å²) in [4.78, 5) is 35.9. The van der Waals surface area contributed by atoms with Crippen molar-refractivity contribution in [1.29, 1.82) is 5.41 Å². The number of alkyl carbamates (subject to hydrolysis) is 1. The van der Waals surface area contributed by atoms with Gasteiger partial charge in [-0.2, -0.15) is 0 Å². The first-order valence-corrected chi connectivity index (χ1v) is 10.0. The van der Waals surface area contributed by atoms with Gasteiger partial charge in [-0.05, 0) is 6.42 Å². The van der Waals surface area contributed by atoms with Crippen LogP contribution < -0.4 is 16.4 Å². The first-order valence-electron chi connectivity index (χ1n) is 10.0. The summed E-state index contributed by atoms with van der Waals surface area (Å²) in [5.41, 5.74) is 7.28. The van der Waals surface area contributed by atoms with Crippen LogP contribution in [-0.4, -0.2) is 55.3 Å². The third kappa shape index (κ3) is 7.42. The van der Waals surface area contributed by atoms with Crippen LogP contribution in [0, 0.1) is 5.41 Å². The lowest BCUT2D eigenvalue weighted by Gasteiger charge is -2.16. The molecule has 1 aromatic heterocycles. The fourth-order valence-corrected chi connectivity index (χ4v) is 2.62. The highest BCUT2D eigenvalue weighted by Gasteiger charge is 2.23. The summed E-state index contributed by atoms with van der Waals surface area (Å²) in [6.07, 6.45) is 0.677. The third-order valence-corrected chi connectivity index (χ3v) is 4.40. The Morgan fingerprint density at radius 2 is 1.97 bits per heavy atom. The summed E-state index contributed by atoms with van der Waals surface area (Å²) in [5.74, 6) is -0.874. The van der Waals surface area contributed by atoms with Crippen molar-refractivity contribution in [3.63, 3.8) is 0 Å². The first-order chi connectivity index (χ1) is 15.3. The maximum Gasteiger partial charge on any atom is 0.407 e. The van der Waals surface area contributed by atoms with Gasteiger partial charge in [-0.15, -0.1) is 0 Å². The van der Waals surface area contributed by atoms with Gasteiger partial charge in [0.2, 0.25) is 5.91 Å². The Kier molecular flexibility index (Phi) is 9.21. The molecular weight excluding hydrogens is 418 g/mol. The average molecular weight is 445 g/mol. The van der Waals surface area contributed by atoms with Crippen molar-refractivity contribution in [2.24, 2.45) is 5.73 Å². The second-order valence-electron chi connectivity index (χ2n) is 6.86. The molecule has 0 radical (unpaired) electrons. The van der Waals surface area contributed by atoms with Gasteiger partial charge in [0.15, 0.2) is 0 Å². The van der Waals surface area contributed by atoms with Crippen molar-refractivity contribution < 1.29 is 28.4 Å². The van der Waals surface area contributed by atoms with E-state index in [0.29, 0.717) is 23.4 Å². The topological polar surface area (TPSA) is 170 Å². The van der Waals surface area contributed by atoms with Crippen LogP contribution in [0.15, 0.2) is 34.9 Å². The van der Waals surface area contributed by atoms with Gasteiger partial charge < -0.3 is 30.4 Å². The largest absolute Gasteiger partial charge is 0.467 e. The molecule has 172 valence electrons. The standard InChI is InChI=1S/C21H27N5O6/c1-3-4-9-31-21(29)25-17(20(28)30-2)12-24-18(27)11-15-10-16(26-32-15)13-5-7-14(8-6-13)19(22)23/h5-8,10,17H,3-4,9,11-12H2,1-2H3,(H3,22,23)(H,24,27)(H,25,29)/t17-/m0/s1. The molecule has 0 aliphatic rings. The highest BCUT2D eigenvalue weighted by atomic mass is 16.6. The number of amides is 2. The zero-order chi connectivity index (χ0) is 23.5. The number of nitrogens with one attached hydrogen (secondary N) is 3. The van der Waals surface area contributed by atoms with E-state index < -0.39 is 24.0 Å². The second-order valence-corrected chi connectivity index (χ2v) is 6.86. The monoisotopic (exact) mass is 445 g/mol. The van der Waals surface area contributed by atoms with Crippen molar-refractivity contribution in [3.05, 3.63) is 41.7 Å². The minimum absolute atomic E-state index is 0.0389. The smallest absolute Gasteiger partial charge is 0.407 e. The molecule has 0 unspecified atom stereocenters. The SMILES string of the molecule is CCCCOC(=O)N[C@@H](CNC(=O)Cc1cc(-c2ccc(C(=N)N)cc2)no1)C(=O)OC. The molecule has 1 aromatic carbocycles. The Morgan fingerprint density at radius 1 is 1.25 bits per heavy atom. The van der Waals surface area contributed by atoms with Crippen molar-refractivity contribution in [3.8, 4) is 11.3 Å². The number of methoxy groups -OCH3 is 1. The zero-order valence-corrected chi connectivity index (χ0v) is 18.0. The van der Waals surface area contributed by atoms with Gasteiger partial charge in [0, 0.05) is 23.7 Å². The van der Waals surface area contributed by atoms with Gasteiger partial charge in [-0.25, -0.2) is 9.59 Å². The summed E-state index contributed by atoms with van der Waals surface area (Å²) in [6, 6.07) is 7.37. The van der Waals surface area contributed by atoms with Crippen LogP contribution in [-0.2, 0) is 25.5 Å². The van der Waals surface area contributed by atoms with E-state index in [9.17, 15) is 14.4 Å². The van der Waals surface area contributed by atoms with E-state index in [1.165, 1.54) is 7.11 Å². The Morgan fingerprint density at radius 3 is 2.59 bits per heavy atom.